The van der Waals surface area contributed by atoms with Crippen LogP contribution in [0.1, 0.15) is 47.0 Å². The third-order valence-corrected chi connectivity index (χ3v) is 5.76. The standard InChI is InChI=1S/C23H40N8O10/c1-5-9(2)17(30-19(37)10(3)24)23(41)29-12(6-14(25)33)20(38)28-13(7-15(26)34)21(39)31-18(11(4)32)22(40)27-8-16(35)36/h9-13,17-18,32H,5-8,24H2,1-4H3,(H2,25,33)(H2,26,34)(H,27,40)(H,28,38)(H,29,41)(H,30,37)(H,31,39)(H,35,36)/t9-,10-,11+,12-,13-,17-,18-/m0/s1. The minimum atomic E-state index is -1.76. The van der Waals surface area contributed by atoms with Gasteiger partial charge in [-0.3, -0.25) is 38.4 Å². The van der Waals surface area contributed by atoms with E-state index in [2.05, 4.69) is 21.3 Å². The van der Waals surface area contributed by atoms with E-state index in [1.165, 1.54) is 6.92 Å². The summed E-state index contributed by atoms with van der Waals surface area (Å²) >= 11 is 0. The first kappa shape index (κ1) is 36.7. The Bertz CT molecular complexity index is 1000. The van der Waals surface area contributed by atoms with Crippen molar-refractivity contribution in [3.63, 3.8) is 0 Å². The maximum atomic E-state index is 13.1. The molecular formula is C23H40N8O10. The number of hydrogen-bond acceptors (Lipinski definition) is 10. The summed E-state index contributed by atoms with van der Waals surface area (Å²) in [7, 11) is 0. The number of nitrogens with one attached hydrogen (secondary N) is 5. The number of carbonyl (C=O) groups is 8. The molecule has 0 saturated carbocycles. The summed E-state index contributed by atoms with van der Waals surface area (Å²) in [6.45, 7) is 5.07. The Morgan fingerprint density at radius 1 is 0.683 bits per heavy atom. The van der Waals surface area contributed by atoms with Gasteiger partial charge in [-0.15, -0.1) is 0 Å². The van der Waals surface area contributed by atoms with Gasteiger partial charge in [-0.05, 0) is 19.8 Å². The summed E-state index contributed by atoms with van der Waals surface area (Å²) in [4.78, 5) is 97.3. The van der Waals surface area contributed by atoms with E-state index in [0.29, 0.717) is 6.42 Å². The number of aliphatic hydroxyl groups is 1. The zero-order valence-corrected chi connectivity index (χ0v) is 23.3. The maximum Gasteiger partial charge on any atom is 0.322 e. The Hall–Kier alpha value is -4.32. The number of rotatable bonds is 18. The van der Waals surface area contributed by atoms with Crippen LogP contribution in [0.2, 0.25) is 0 Å². The number of amides is 7. The molecule has 0 aliphatic rings. The molecule has 0 aliphatic heterocycles. The molecule has 0 unspecified atom stereocenters. The fourth-order valence-electron chi connectivity index (χ4n) is 3.27. The highest BCUT2D eigenvalue weighted by Gasteiger charge is 2.35. The summed E-state index contributed by atoms with van der Waals surface area (Å²) in [5, 5.41) is 29.6. The van der Waals surface area contributed by atoms with Gasteiger partial charge in [0.1, 0.15) is 30.7 Å². The molecule has 0 aromatic heterocycles. The molecule has 13 N–H and O–H groups in total. The molecule has 0 bridgehead atoms. The van der Waals surface area contributed by atoms with Crippen LogP contribution in [-0.4, -0.2) is 100 Å². The summed E-state index contributed by atoms with van der Waals surface area (Å²) in [6, 6.07) is -7.25. The molecule has 7 atom stereocenters. The van der Waals surface area contributed by atoms with Crippen LogP contribution in [0, 0.1) is 5.92 Å². The zero-order chi connectivity index (χ0) is 32.0. The van der Waals surface area contributed by atoms with E-state index >= 15 is 0 Å². The highest BCUT2D eigenvalue weighted by atomic mass is 16.4. The van der Waals surface area contributed by atoms with Gasteiger partial charge in [0, 0.05) is 0 Å². The van der Waals surface area contributed by atoms with Crippen molar-refractivity contribution in [2.45, 2.75) is 83.3 Å². The van der Waals surface area contributed by atoms with Crippen molar-refractivity contribution in [1.82, 2.24) is 26.6 Å². The third kappa shape index (κ3) is 13.5. The fraction of sp³-hybridized carbons (Fsp3) is 0.652. The number of aliphatic carboxylic acids is 1. The van der Waals surface area contributed by atoms with Gasteiger partial charge in [-0.1, -0.05) is 20.3 Å². The van der Waals surface area contributed by atoms with Gasteiger partial charge in [0.25, 0.3) is 0 Å². The molecule has 7 amide bonds. The van der Waals surface area contributed by atoms with Crippen LogP contribution in [-0.2, 0) is 38.4 Å². The lowest BCUT2D eigenvalue weighted by Gasteiger charge is -2.28. The first-order valence-electron chi connectivity index (χ1n) is 12.6. The molecule has 0 spiro atoms. The van der Waals surface area contributed by atoms with Crippen molar-refractivity contribution in [1.29, 1.82) is 0 Å². The molecule has 18 heteroatoms. The van der Waals surface area contributed by atoms with Crippen LogP contribution in [0.25, 0.3) is 0 Å². The van der Waals surface area contributed by atoms with Crippen molar-refractivity contribution in [2.75, 3.05) is 6.54 Å². The van der Waals surface area contributed by atoms with E-state index < -0.39 is 109 Å². The lowest BCUT2D eigenvalue weighted by molar-refractivity contribution is -0.140. The van der Waals surface area contributed by atoms with E-state index in [-0.39, 0.29) is 0 Å². The molecule has 0 aliphatic carbocycles. The quantitative estimate of drug-likeness (QED) is 0.0720. The maximum absolute atomic E-state index is 13.1. The second-order valence-corrected chi connectivity index (χ2v) is 9.46. The van der Waals surface area contributed by atoms with E-state index in [1.807, 2.05) is 5.32 Å². The summed E-state index contributed by atoms with van der Waals surface area (Å²) in [5.41, 5.74) is 16.0. The fourth-order valence-corrected chi connectivity index (χ4v) is 3.27. The zero-order valence-electron chi connectivity index (χ0n) is 23.3. The first-order valence-corrected chi connectivity index (χ1v) is 12.6. The van der Waals surface area contributed by atoms with E-state index in [4.69, 9.17) is 22.3 Å². The minimum absolute atomic E-state index is 0.426. The largest absolute Gasteiger partial charge is 0.480 e. The molecule has 232 valence electrons. The Balaban J connectivity index is 5.95. The van der Waals surface area contributed by atoms with Gasteiger partial charge in [0.15, 0.2) is 0 Å². The number of carboxylic acids is 1. The number of carboxylic acid groups (broad SMARTS) is 1. The summed E-state index contributed by atoms with van der Waals surface area (Å²) in [5.74, 6) is -8.86. The summed E-state index contributed by atoms with van der Waals surface area (Å²) < 4.78 is 0. The van der Waals surface area contributed by atoms with Crippen molar-refractivity contribution in [3.05, 3.63) is 0 Å². The molecule has 0 fully saturated rings. The van der Waals surface area contributed by atoms with E-state index in [1.54, 1.807) is 13.8 Å². The second-order valence-electron chi connectivity index (χ2n) is 9.46. The van der Waals surface area contributed by atoms with Crippen molar-refractivity contribution >= 4 is 47.3 Å². The predicted molar refractivity (Wildman–Crippen MR) is 141 cm³/mol. The molecule has 41 heavy (non-hydrogen) atoms. The first-order chi connectivity index (χ1) is 18.9. The van der Waals surface area contributed by atoms with Crippen molar-refractivity contribution in [2.24, 2.45) is 23.1 Å². The van der Waals surface area contributed by atoms with Gasteiger partial charge >= 0.3 is 5.97 Å². The molecule has 0 radical (unpaired) electrons. The monoisotopic (exact) mass is 588 g/mol. The smallest absolute Gasteiger partial charge is 0.322 e. The summed E-state index contributed by atoms with van der Waals surface area (Å²) in [6.07, 6.45) is -2.67. The minimum Gasteiger partial charge on any atom is -0.480 e. The molecule has 0 heterocycles. The molecule has 0 rings (SSSR count). The van der Waals surface area contributed by atoms with Gasteiger partial charge in [0.2, 0.25) is 41.4 Å². The Morgan fingerprint density at radius 2 is 1.12 bits per heavy atom. The molecule has 0 aromatic carbocycles. The van der Waals surface area contributed by atoms with Crippen LogP contribution >= 0.6 is 0 Å². The Kier molecular flexibility index (Phi) is 15.6. The van der Waals surface area contributed by atoms with Gasteiger partial charge in [-0.25, -0.2) is 0 Å². The normalized spacial score (nSPS) is 15.9. The van der Waals surface area contributed by atoms with Crippen LogP contribution in [0.15, 0.2) is 0 Å². The number of aliphatic hydroxyl groups excluding tert-OH is 1. The van der Waals surface area contributed by atoms with Crippen molar-refractivity contribution in [3.8, 4) is 0 Å². The highest BCUT2D eigenvalue weighted by molar-refractivity contribution is 5.99. The van der Waals surface area contributed by atoms with Gasteiger partial charge in [-0.2, -0.15) is 0 Å². The van der Waals surface area contributed by atoms with Gasteiger partial charge < -0.3 is 54.0 Å². The third-order valence-electron chi connectivity index (χ3n) is 5.76. The van der Waals surface area contributed by atoms with E-state index in [0.717, 1.165) is 6.92 Å². The number of primary amides is 2. The SMILES string of the molecule is CC[C@H](C)[C@H](NC(=O)[C@H](C)N)C(=O)N[C@@H](CC(N)=O)C(=O)N[C@@H](CC(N)=O)C(=O)N[C@H](C(=O)NCC(=O)O)[C@@H](C)O. The number of carbonyl (C=O) groups excluding carboxylic acids is 7. The Morgan fingerprint density at radius 3 is 1.51 bits per heavy atom. The topological polar surface area (TPSA) is 315 Å². The highest BCUT2D eigenvalue weighted by Crippen LogP contribution is 2.10. The predicted octanol–water partition coefficient (Wildman–Crippen LogP) is -5.35. The molecule has 0 saturated heterocycles. The van der Waals surface area contributed by atoms with Crippen molar-refractivity contribution < 1.29 is 48.6 Å². The number of hydrogen-bond donors (Lipinski definition) is 10. The Labute approximate surface area is 235 Å². The van der Waals surface area contributed by atoms with Crippen LogP contribution in [0.5, 0.6) is 0 Å². The average Bonchev–Trinajstić information content (AvgIpc) is 2.86. The average molecular weight is 589 g/mol. The van der Waals surface area contributed by atoms with Crippen LogP contribution in [0.4, 0.5) is 0 Å². The second kappa shape index (κ2) is 17.4. The van der Waals surface area contributed by atoms with Crippen LogP contribution < -0.4 is 43.8 Å². The lowest BCUT2D eigenvalue weighted by Crippen LogP contribution is -2.61. The molecule has 18 nitrogen and oxygen atoms in total. The van der Waals surface area contributed by atoms with Gasteiger partial charge in [0.05, 0.1) is 25.0 Å². The molecular weight excluding hydrogens is 548 g/mol. The number of nitrogens with two attached hydrogens (primary N) is 3. The molecule has 0 aromatic rings. The lowest BCUT2D eigenvalue weighted by atomic mass is 9.97. The van der Waals surface area contributed by atoms with Crippen LogP contribution in [0.3, 0.4) is 0 Å². The van der Waals surface area contributed by atoms with E-state index in [9.17, 15) is 43.5 Å².